The molecular formula is C14H16O3. The van der Waals surface area contributed by atoms with Crippen molar-refractivity contribution in [3.05, 3.63) is 41.5 Å². The number of allylic oxidation sites excluding steroid dienone is 1. The summed E-state index contributed by atoms with van der Waals surface area (Å²) in [6.07, 6.45) is 1.45. The number of ketones is 1. The Kier molecular flexibility index (Phi) is 4.64. The molecule has 0 aliphatic heterocycles. The van der Waals surface area contributed by atoms with Crippen LogP contribution in [0.1, 0.15) is 36.7 Å². The number of rotatable bonds is 4. The van der Waals surface area contributed by atoms with Crippen LogP contribution in [0.3, 0.4) is 0 Å². The molecule has 0 fully saturated rings. The van der Waals surface area contributed by atoms with E-state index in [2.05, 4.69) is 0 Å². The number of carbonyl (C=O) groups is 2. The number of benzene rings is 1. The molecule has 0 N–H and O–H groups in total. The van der Waals surface area contributed by atoms with E-state index >= 15 is 0 Å². The highest BCUT2D eigenvalue weighted by Crippen LogP contribution is 2.15. The predicted octanol–water partition coefficient (Wildman–Crippen LogP) is 2.86. The van der Waals surface area contributed by atoms with E-state index in [0.29, 0.717) is 12.2 Å². The van der Waals surface area contributed by atoms with E-state index in [-0.39, 0.29) is 11.8 Å². The minimum absolute atomic E-state index is 0.0311. The average molecular weight is 232 g/mol. The van der Waals surface area contributed by atoms with Crippen LogP contribution in [0.25, 0.3) is 5.57 Å². The standard InChI is InChI=1S/C14H16O3/c1-4-17-14(16)9-10(2)12-5-7-13(8-6-12)11(3)15/h5-9H,4H2,1-3H3/b10-9+. The fourth-order valence-corrected chi connectivity index (χ4v) is 1.41. The molecule has 0 aromatic heterocycles. The first-order valence-corrected chi connectivity index (χ1v) is 5.51. The highest BCUT2D eigenvalue weighted by Gasteiger charge is 2.02. The van der Waals surface area contributed by atoms with Crippen molar-refractivity contribution in [2.24, 2.45) is 0 Å². The molecule has 0 saturated heterocycles. The molecule has 0 amide bonds. The molecule has 0 spiro atoms. The quantitative estimate of drug-likeness (QED) is 0.455. The maximum absolute atomic E-state index is 11.2. The first-order valence-electron chi connectivity index (χ1n) is 5.51. The molecule has 0 unspecified atom stereocenters. The molecule has 1 aromatic rings. The van der Waals surface area contributed by atoms with Gasteiger partial charge in [-0.05, 0) is 31.9 Å². The molecule has 3 heteroatoms. The van der Waals surface area contributed by atoms with E-state index in [4.69, 9.17) is 4.74 Å². The Morgan fingerprint density at radius 3 is 2.12 bits per heavy atom. The minimum Gasteiger partial charge on any atom is -0.463 e. The molecule has 0 aliphatic carbocycles. The lowest BCUT2D eigenvalue weighted by Crippen LogP contribution is -2.00. The van der Waals surface area contributed by atoms with Crippen molar-refractivity contribution in [2.45, 2.75) is 20.8 Å². The number of esters is 1. The molecule has 0 radical (unpaired) electrons. The van der Waals surface area contributed by atoms with E-state index in [0.717, 1.165) is 11.1 Å². The van der Waals surface area contributed by atoms with Gasteiger partial charge in [-0.3, -0.25) is 4.79 Å². The minimum atomic E-state index is -0.347. The third-order valence-corrected chi connectivity index (χ3v) is 2.37. The molecule has 0 atom stereocenters. The van der Waals surface area contributed by atoms with E-state index in [9.17, 15) is 9.59 Å². The molecule has 0 heterocycles. The molecule has 1 aromatic carbocycles. The Hall–Kier alpha value is -1.90. The van der Waals surface area contributed by atoms with Crippen molar-refractivity contribution in [3.8, 4) is 0 Å². The summed E-state index contributed by atoms with van der Waals surface area (Å²) in [5.74, 6) is -0.316. The molecule has 0 bridgehead atoms. The van der Waals surface area contributed by atoms with Crippen LogP contribution < -0.4 is 0 Å². The monoisotopic (exact) mass is 232 g/mol. The molecule has 0 saturated carbocycles. The van der Waals surface area contributed by atoms with Gasteiger partial charge in [-0.2, -0.15) is 0 Å². The van der Waals surface area contributed by atoms with Crippen LogP contribution in [0.15, 0.2) is 30.3 Å². The smallest absolute Gasteiger partial charge is 0.331 e. The number of carbonyl (C=O) groups excluding carboxylic acids is 2. The van der Waals surface area contributed by atoms with Gasteiger partial charge in [0.05, 0.1) is 6.61 Å². The van der Waals surface area contributed by atoms with Gasteiger partial charge in [0.1, 0.15) is 0 Å². The largest absolute Gasteiger partial charge is 0.463 e. The Morgan fingerprint density at radius 1 is 1.12 bits per heavy atom. The lowest BCUT2D eigenvalue weighted by Gasteiger charge is -2.03. The third-order valence-electron chi connectivity index (χ3n) is 2.37. The van der Waals surface area contributed by atoms with Crippen molar-refractivity contribution in [2.75, 3.05) is 6.61 Å². The second-order valence-electron chi connectivity index (χ2n) is 3.71. The van der Waals surface area contributed by atoms with Crippen LogP contribution in [0, 0.1) is 0 Å². The van der Waals surface area contributed by atoms with E-state index in [1.807, 2.05) is 19.1 Å². The third kappa shape index (κ3) is 3.87. The van der Waals surface area contributed by atoms with Gasteiger partial charge < -0.3 is 4.74 Å². The van der Waals surface area contributed by atoms with E-state index < -0.39 is 0 Å². The van der Waals surface area contributed by atoms with E-state index in [1.54, 1.807) is 19.1 Å². The van der Waals surface area contributed by atoms with Crippen molar-refractivity contribution < 1.29 is 14.3 Å². The second kappa shape index (κ2) is 5.99. The second-order valence-corrected chi connectivity index (χ2v) is 3.71. The number of ether oxygens (including phenoxy) is 1. The first kappa shape index (κ1) is 13.2. The van der Waals surface area contributed by atoms with E-state index in [1.165, 1.54) is 13.0 Å². The molecule has 1 rings (SSSR count). The maximum atomic E-state index is 11.2. The molecule has 17 heavy (non-hydrogen) atoms. The fourth-order valence-electron chi connectivity index (χ4n) is 1.41. The Labute approximate surface area is 101 Å². The van der Waals surface area contributed by atoms with Crippen LogP contribution in [-0.4, -0.2) is 18.4 Å². The Bertz CT molecular complexity index is 441. The van der Waals surface area contributed by atoms with Gasteiger partial charge in [-0.15, -0.1) is 0 Å². The predicted molar refractivity (Wildman–Crippen MR) is 66.7 cm³/mol. The van der Waals surface area contributed by atoms with Crippen molar-refractivity contribution in [3.63, 3.8) is 0 Å². The van der Waals surface area contributed by atoms with Gasteiger partial charge in [-0.25, -0.2) is 4.79 Å². The van der Waals surface area contributed by atoms with Crippen molar-refractivity contribution in [1.82, 2.24) is 0 Å². The van der Waals surface area contributed by atoms with Gasteiger partial charge >= 0.3 is 5.97 Å². The zero-order valence-corrected chi connectivity index (χ0v) is 10.3. The van der Waals surface area contributed by atoms with Crippen LogP contribution in [0.5, 0.6) is 0 Å². The highest BCUT2D eigenvalue weighted by atomic mass is 16.5. The summed E-state index contributed by atoms with van der Waals surface area (Å²) in [7, 11) is 0. The van der Waals surface area contributed by atoms with Gasteiger partial charge in [0.25, 0.3) is 0 Å². The fraction of sp³-hybridized carbons (Fsp3) is 0.286. The maximum Gasteiger partial charge on any atom is 0.331 e. The summed E-state index contributed by atoms with van der Waals surface area (Å²) in [5.41, 5.74) is 2.39. The molecular weight excluding hydrogens is 216 g/mol. The van der Waals surface area contributed by atoms with Crippen LogP contribution >= 0.6 is 0 Å². The summed E-state index contributed by atoms with van der Waals surface area (Å²) in [4.78, 5) is 22.3. The van der Waals surface area contributed by atoms with Crippen molar-refractivity contribution in [1.29, 1.82) is 0 Å². The van der Waals surface area contributed by atoms with Crippen molar-refractivity contribution >= 4 is 17.3 Å². The molecule has 0 aliphatic rings. The first-order chi connectivity index (χ1) is 8.04. The summed E-state index contributed by atoms with van der Waals surface area (Å²) in [6, 6.07) is 7.14. The topological polar surface area (TPSA) is 43.4 Å². The Balaban J connectivity index is 2.86. The SMILES string of the molecule is CCOC(=O)/C=C(\C)c1ccc(C(C)=O)cc1. The van der Waals surface area contributed by atoms with Gasteiger partial charge in [-0.1, -0.05) is 24.3 Å². The summed E-state index contributed by atoms with van der Waals surface area (Å²) in [5, 5.41) is 0. The van der Waals surface area contributed by atoms with Gasteiger partial charge in [0, 0.05) is 11.6 Å². The van der Waals surface area contributed by atoms with Gasteiger partial charge in [0.15, 0.2) is 5.78 Å². The zero-order chi connectivity index (χ0) is 12.8. The lowest BCUT2D eigenvalue weighted by molar-refractivity contribution is -0.137. The van der Waals surface area contributed by atoms with Gasteiger partial charge in [0.2, 0.25) is 0 Å². The average Bonchev–Trinajstić information content (AvgIpc) is 2.29. The van der Waals surface area contributed by atoms with Crippen LogP contribution in [0.2, 0.25) is 0 Å². The lowest BCUT2D eigenvalue weighted by atomic mass is 10.0. The summed E-state index contributed by atoms with van der Waals surface area (Å²) in [6.45, 7) is 5.49. The molecule has 3 nitrogen and oxygen atoms in total. The summed E-state index contributed by atoms with van der Waals surface area (Å²) >= 11 is 0. The van der Waals surface area contributed by atoms with Crippen LogP contribution in [0.4, 0.5) is 0 Å². The zero-order valence-electron chi connectivity index (χ0n) is 10.3. The Morgan fingerprint density at radius 2 is 1.65 bits per heavy atom. The van der Waals surface area contributed by atoms with Crippen LogP contribution in [-0.2, 0) is 9.53 Å². The highest BCUT2D eigenvalue weighted by molar-refractivity contribution is 5.95. The number of hydrogen-bond acceptors (Lipinski definition) is 3. The number of hydrogen-bond donors (Lipinski definition) is 0. The normalized spacial score (nSPS) is 11.1. The number of Topliss-reactive ketones (excluding diaryl/α,β-unsaturated/α-hetero) is 1. The summed E-state index contributed by atoms with van der Waals surface area (Å²) < 4.78 is 4.83. The molecule has 90 valence electrons.